The minimum atomic E-state index is -0.793. The van der Waals surface area contributed by atoms with Crippen LogP contribution in [0.25, 0.3) is 0 Å². The van der Waals surface area contributed by atoms with E-state index in [-0.39, 0.29) is 12.1 Å². The maximum atomic E-state index is 12.1. The van der Waals surface area contributed by atoms with Crippen LogP contribution in [0.1, 0.15) is 37.5 Å². The maximum Gasteiger partial charge on any atom is 0.434 e. The molecule has 6 nitrogen and oxygen atoms in total. The lowest BCUT2D eigenvalue weighted by Gasteiger charge is -2.20. The molecule has 0 radical (unpaired) electrons. The minimum Gasteiger partial charge on any atom is -0.465 e. The van der Waals surface area contributed by atoms with Crippen LogP contribution in [-0.4, -0.2) is 37.0 Å². The number of benzene rings is 2. The lowest BCUT2D eigenvalue weighted by atomic mass is 10.0. The molecule has 30 heavy (non-hydrogen) atoms. The Labute approximate surface area is 177 Å². The number of esters is 1. The Balaban J connectivity index is 1.76. The van der Waals surface area contributed by atoms with Crippen molar-refractivity contribution in [1.82, 2.24) is 0 Å². The molecule has 3 rings (SSSR count). The predicted octanol–water partition coefficient (Wildman–Crippen LogP) is 4.34. The van der Waals surface area contributed by atoms with Gasteiger partial charge in [-0.25, -0.2) is 9.59 Å². The number of nitrogens with zero attached hydrogens (tertiary/aromatic N) is 2. The first-order valence-electron chi connectivity index (χ1n) is 10.0. The smallest absolute Gasteiger partial charge is 0.434 e. The molecule has 0 spiro atoms. The number of amides is 1. The van der Waals surface area contributed by atoms with E-state index in [2.05, 4.69) is 34.2 Å². The second-order valence-corrected chi connectivity index (χ2v) is 8.33. The quantitative estimate of drug-likeness (QED) is 0.544. The lowest BCUT2D eigenvalue weighted by Crippen LogP contribution is -2.25. The van der Waals surface area contributed by atoms with E-state index < -0.39 is 17.7 Å². The van der Waals surface area contributed by atoms with Crippen LogP contribution in [0.15, 0.2) is 53.5 Å². The van der Waals surface area contributed by atoms with Gasteiger partial charge in [0.05, 0.1) is 7.11 Å². The second-order valence-electron chi connectivity index (χ2n) is 8.33. The Morgan fingerprint density at radius 3 is 2.47 bits per heavy atom. The van der Waals surface area contributed by atoms with E-state index in [9.17, 15) is 9.59 Å². The van der Waals surface area contributed by atoms with Crippen LogP contribution in [0.5, 0.6) is 0 Å². The molecule has 1 heterocycles. The van der Waals surface area contributed by atoms with Gasteiger partial charge in [-0.2, -0.15) is 4.99 Å². The monoisotopic (exact) mass is 408 g/mol. The molecule has 6 heteroatoms. The van der Waals surface area contributed by atoms with Crippen LogP contribution in [-0.2, 0) is 33.7 Å². The largest absolute Gasteiger partial charge is 0.465 e. The molecule has 2 aromatic rings. The summed E-state index contributed by atoms with van der Waals surface area (Å²) >= 11 is 0. The van der Waals surface area contributed by atoms with Crippen molar-refractivity contribution >= 4 is 23.5 Å². The molecule has 1 aliphatic rings. The molecule has 0 saturated carbocycles. The molecule has 0 N–H and O–H groups in total. The van der Waals surface area contributed by atoms with Gasteiger partial charge in [0.15, 0.2) is 0 Å². The van der Waals surface area contributed by atoms with Crippen LogP contribution in [0.4, 0.5) is 10.5 Å². The van der Waals surface area contributed by atoms with Crippen molar-refractivity contribution in [3.8, 4) is 0 Å². The number of rotatable bonds is 5. The lowest BCUT2D eigenvalue weighted by molar-refractivity contribution is -0.132. The molecule has 1 aliphatic heterocycles. The molecule has 0 atom stereocenters. The zero-order chi connectivity index (χ0) is 21.7. The molecule has 158 valence electrons. The number of hydrogen-bond donors (Lipinski definition) is 0. The van der Waals surface area contributed by atoms with Gasteiger partial charge in [0.25, 0.3) is 0 Å². The number of methoxy groups -OCH3 is 1. The van der Waals surface area contributed by atoms with Crippen LogP contribution >= 0.6 is 0 Å². The number of anilines is 1. The molecule has 1 amide bonds. The van der Waals surface area contributed by atoms with Crippen LogP contribution < -0.4 is 4.90 Å². The fraction of sp³-hybridized carbons (Fsp3) is 0.375. The Bertz CT molecular complexity index is 945. The number of aliphatic imine (C=N–C) groups is 1. The summed E-state index contributed by atoms with van der Waals surface area (Å²) in [6.45, 7) is 7.06. The highest BCUT2D eigenvalue weighted by molar-refractivity contribution is 6.38. The Morgan fingerprint density at radius 1 is 1.07 bits per heavy atom. The number of hydrogen-bond acceptors (Lipinski definition) is 5. The summed E-state index contributed by atoms with van der Waals surface area (Å²) in [7, 11) is 1.27. The van der Waals surface area contributed by atoms with E-state index >= 15 is 0 Å². The highest BCUT2D eigenvalue weighted by Crippen LogP contribution is 2.30. The molecule has 0 saturated heterocycles. The molecule has 0 fully saturated rings. The predicted molar refractivity (Wildman–Crippen MR) is 117 cm³/mol. The molecule has 0 aromatic heterocycles. The van der Waals surface area contributed by atoms with E-state index in [4.69, 9.17) is 9.47 Å². The van der Waals surface area contributed by atoms with E-state index in [1.807, 2.05) is 24.3 Å². The average Bonchev–Trinajstić information content (AvgIpc) is 3.08. The van der Waals surface area contributed by atoms with E-state index in [0.29, 0.717) is 0 Å². The molecular weight excluding hydrogens is 380 g/mol. The van der Waals surface area contributed by atoms with Gasteiger partial charge in [0.1, 0.15) is 11.3 Å². The third-order valence-electron chi connectivity index (χ3n) is 4.76. The topological polar surface area (TPSA) is 68.2 Å². The summed E-state index contributed by atoms with van der Waals surface area (Å²) in [4.78, 5) is 30.4. The summed E-state index contributed by atoms with van der Waals surface area (Å²) in [5.41, 5.74) is 3.95. The minimum absolute atomic E-state index is 0.0332. The van der Waals surface area contributed by atoms with Gasteiger partial charge in [-0.15, -0.1) is 0 Å². The van der Waals surface area contributed by atoms with Gasteiger partial charge in [-0.05, 0) is 49.9 Å². The summed E-state index contributed by atoms with van der Waals surface area (Å²) in [5.74, 6) is -0.632. The van der Waals surface area contributed by atoms with Crippen molar-refractivity contribution in [2.45, 2.75) is 45.8 Å². The number of carbonyl (C=O) groups excluding carboxylic acids is 2. The third kappa shape index (κ3) is 5.69. The van der Waals surface area contributed by atoms with E-state index in [0.717, 1.165) is 25.1 Å². The first-order chi connectivity index (χ1) is 14.2. The summed E-state index contributed by atoms with van der Waals surface area (Å²) in [5, 5.41) is 0. The molecule has 0 bridgehead atoms. The van der Waals surface area contributed by atoms with Gasteiger partial charge in [-0.1, -0.05) is 42.5 Å². The first-order valence-corrected chi connectivity index (χ1v) is 10.0. The van der Waals surface area contributed by atoms with E-state index in [1.165, 1.54) is 23.9 Å². The number of carbonyl (C=O) groups is 2. The van der Waals surface area contributed by atoms with Crippen molar-refractivity contribution in [2.75, 3.05) is 18.6 Å². The van der Waals surface area contributed by atoms with Gasteiger partial charge < -0.3 is 14.4 Å². The molecule has 2 aromatic carbocycles. The Hall–Kier alpha value is -3.15. The third-order valence-corrected chi connectivity index (χ3v) is 4.76. The van der Waals surface area contributed by atoms with Gasteiger partial charge in [0.2, 0.25) is 0 Å². The molecule has 0 unspecified atom stereocenters. The van der Waals surface area contributed by atoms with Gasteiger partial charge in [0, 0.05) is 25.2 Å². The maximum absolute atomic E-state index is 12.1. The zero-order valence-electron chi connectivity index (χ0n) is 18.0. The van der Waals surface area contributed by atoms with Crippen LogP contribution in [0.3, 0.4) is 0 Å². The van der Waals surface area contributed by atoms with Gasteiger partial charge >= 0.3 is 12.1 Å². The standard InChI is InChI=1S/C24H28N2O4/c1-24(2,3)30-23(28)25-20(22(27)29-4)15-18-10-11-21-19(14-18)12-13-26(21)16-17-8-6-5-7-9-17/h5-11,14H,12-13,15-16H2,1-4H3. The summed E-state index contributed by atoms with van der Waals surface area (Å²) in [6, 6.07) is 16.5. The Kier molecular flexibility index (Phi) is 6.55. The summed E-state index contributed by atoms with van der Waals surface area (Å²) < 4.78 is 10.0. The van der Waals surface area contributed by atoms with Crippen molar-refractivity contribution < 1.29 is 19.1 Å². The molecular formula is C24H28N2O4. The van der Waals surface area contributed by atoms with E-state index in [1.54, 1.807) is 20.8 Å². The zero-order valence-corrected chi connectivity index (χ0v) is 18.0. The normalized spacial score (nSPS) is 13.7. The van der Waals surface area contributed by atoms with Crippen molar-refractivity contribution in [1.29, 1.82) is 0 Å². The highest BCUT2D eigenvalue weighted by atomic mass is 16.6. The highest BCUT2D eigenvalue weighted by Gasteiger charge is 2.22. The fourth-order valence-electron chi connectivity index (χ4n) is 3.46. The Morgan fingerprint density at radius 2 is 1.80 bits per heavy atom. The summed E-state index contributed by atoms with van der Waals surface area (Å²) in [6.07, 6.45) is 0.350. The second kappa shape index (κ2) is 9.11. The average molecular weight is 408 g/mol. The number of ether oxygens (including phenoxy) is 2. The van der Waals surface area contributed by atoms with Crippen LogP contribution in [0.2, 0.25) is 0 Å². The van der Waals surface area contributed by atoms with Crippen molar-refractivity contribution in [3.63, 3.8) is 0 Å². The number of fused-ring (bicyclic) bond motifs is 1. The SMILES string of the molecule is COC(=O)C(Cc1ccc2c(c1)CCN2Cc1ccccc1)=NC(=O)OC(C)(C)C. The van der Waals surface area contributed by atoms with Crippen LogP contribution in [0, 0.1) is 0 Å². The molecule has 0 aliphatic carbocycles. The van der Waals surface area contributed by atoms with Crippen molar-refractivity contribution in [3.05, 3.63) is 65.2 Å². The van der Waals surface area contributed by atoms with Gasteiger partial charge in [-0.3, -0.25) is 0 Å². The van der Waals surface area contributed by atoms with Crippen molar-refractivity contribution in [2.24, 2.45) is 4.99 Å². The fourth-order valence-corrected chi connectivity index (χ4v) is 3.46. The first kappa shape index (κ1) is 21.6.